The van der Waals surface area contributed by atoms with Gasteiger partial charge < -0.3 is 10.0 Å². The fourth-order valence-corrected chi connectivity index (χ4v) is 2.66. The van der Waals surface area contributed by atoms with E-state index in [9.17, 15) is 14.7 Å². The van der Waals surface area contributed by atoms with Gasteiger partial charge in [-0.25, -0.2) is 0 Å². The Bertz CT molecular complexity index is 510. The van der Waals surface area contributed by atoms with Crippen molar-refractivity contribution in [3.8, 4) is 0 Å². The minimum absolute atomic E-state index is 0.129. The third-order valence-electron chi connectivity index (χ3n) is 3.94. The number of piperidine rings is 1. The van der Waals surface area contributed by atoms with Crippen molar-refractivity contribution in [1.29, 1.82) is 0 Å². The van der Waals surface area contributed by atoms with E-state index >= 15 is 0 Å². The highest BCUT2D eigenvalue weighted by Crippen LogP contribution is 2.25. The molecule has 1 aliphatic heterocycles. The molecule has 1 saturated heterocycles. The second-order valence-corrected chi connectivity index (χ2v) is 5.63. The molecule has 2 heterocycles. The summed E-state index contributed by atoms with van der Waals surface area (Å²) in [4.78, 5) is 25.4. The van der Waals surface area contributed by atoms with Crippen molar-refractivity contribution in [1.82, 2.24) is 14.7 Å². The number of carbonyl (C=O) groups excluding carboxylic acids is 1. The first-order chi connectivity index (χ1) is 9.41. The molecule has 0 aromatic carbocycles. The molecule has 0 saturated carbocycles. The number of carbonyl (C=O) groups is 2. The molecule has 6 nitrogen and oxygen atoms in total. The zero-order valence-corrected chi connectivity index (χ0v) is 12.1. The lowest BCUT2D eigenvalue weighted by Crippen LogP contribution is -2.49. The first-order valence-electron chi connectivity index (χ1n) is 6.99. The van der Waals surface area contributed by atoms with Crippen LogP contribution in [0, 0.1) is 5.92 Å². The Kier molecular flexibility index (Phi) is 4.11. The SMILES string of the molecule is CC(C)n1cc(C(=O)N2CCC[C@H](C(=O)O)[C@@H]2C)cn1. The number of carboxylic acids is 1. The summed E-state index contributed by atoms with van der Waals surface area (Å²) in [5.41, 5.74) is 0.525. The van der Waals surface area contributed by atoms with Gasteiger partial charge in [0.2, 0.25) is 0 Å². The second kappa shape index (κ2) is 5.64. The standard InChI is InChI=1S/C14H21N3O3/c1-9(2)17-8-11(7-15-17)13(18)16-6-4-5-12(10(16)3)14(19)20/h7-10,12H,4-6H2,1-3H3,(H,19,20)/t10-,12-/m0/s1. The summed E-state index contributed by atoms with van der Waals surface area (Å²) in [5.74, 6) is -1.43. The van der Waals surface area contributed by atoms with E-state index in [1.54, 1.807) is 22.0 Å². The van der Waals surface area contributed by atoms with Gasteiger partial charge >= 0.3 is 5.97 Å². The van der Waals surface area contributed by atoms with Crippen LogP contribution < -0.4 is 0 Å². The predicted molar refractivity (Wildman–Crippen MR) is 73.5 cm³/mol. The van der Waals surface area contributed by atoms with Crippen LogP contribution in [0.5, 0.6) is 0 Å². The molecule has 0 unspecified atom stereocenters. The zero-order valence-electron chi connectivity index (χ0n) is 12.1. The zero-order chi connectivity index (χ0) is 14.9. The van der Waals surface area contributed by atoms with Gasteiger partial charge in [-0.15, -0.1) is 0 Å². The Morgan fingerprint density at radius 3 is 2.70 bits per heavy atom. The maximum absolute atomic E-state index is 12.5. The van der Waals surface area contributed by atoms with Crippen molar-refractivity contribution in [2.24, 2.45) is 5.92 Å². The molecule has 1 N–H and O–H groups in total. The summed E-state index contributed by atoms with van der Waals surface area (Å²) < 4.78 is 1.73. The molecule has 1 amide bonds. The molecular formula is C14H21N3O3. The normalized spacial score (nSPS) is 23.1. The van der Waals surface area contributed by atoms with Crippen LogP contribution in [0.1, 0.15) is 50.0 Å². The maximum Gasteiger partial charge on any atom is 0.308 e. The Morgan fingerprint density at radius 2 is 2.15 bits per heavy atom. The van der Waals surface area contributed by atoms with Gasteiger partial charge in [0.25, 0.3) is 5.91 Å². The number of nitrogens with zero attached hydrogens (tertiary/aromatic N) is 3. The molecule has 1 fully saturated rings. The Labute approximate surface area is 118 Å². The summed E-state index contributed by atoms with van der Waals surface area (Å²) in [6.07, 6.45) is 4.64. The van der Waals surface area contributed by atoms with Crippen molar-refractivity contribution >= 4 is 11.9 Å². The molecule has 1 aromatic heterocycles. The van der Waals surface area contributed by atoms with Crippen LogP contribution in [-0.4, -0.2) is 44.3 Å². The van der Waals surface area contributed by atoms with Gasteiger partial charge in [0.1, 0.15) is 0 Å². The predicted octanol–water partition coefficient (Wildman–Crippen LogP) is 1.79. The fraction of sp³-hybridized carbons (Fsp3) is 0.643. The minimum Gasteiger partial charge on any atom is -0.481 e. The lowest BCUT2D eigenvalue weighted by atomic mass is 9.90. The van der Waals surface area contributed by atoms with Gasteiger partial charge in [-0.1, -0.05) is 0 Å². The van der Waals surface area contributed by atoms with Gasteiger partial charge in [-0.2, -0.15) is 5.10 Å². The van der Waals surface area contributed by atoms with Crippen molar-refractivity contribution in [2.45, 2.75) is 45.7 Å². The highest BCUT2D eigenvalue weighted by molar-refractivity contribution is 5.94. The highest BCUT2D eigenvalue weighted by Gasteiger charge is 2.35. The lowest BCUT2D eigenvalue weighted by molar-refractivity contribution is -0.144. The van der Waals surface area contributed by atoms with E-state index in [0.29, 0.717) is 18.5 Å². The first-order valence-corrected chi connectivity index (χ1v) is 6.99. The Morgan fingerprint density at radius 1 is 1.45 bits per heavy atom. The first kappa shape index (κ1) is 14.6. The van der Waals surface area contributed by atoms with Crippen LogP contribution in [0.15, 0.2) is 12.4 Å². The summed E-state index contributed by atoms with van der Waals surface area (Å²) >= 11 is 0. The third kappa shape index (κ3) is 2.69. The molecule has 2 rings (SSSR count). The van der Waals surface area contributed by atoms with Crippen molar-refractivity contribution in [3.63, 3.8) is 0 Å². The number of carboxylic acid groups (broad SMARTS) is 1. The van der Waals surface area contributed by atoms with Gasteiger partial charge in [-0.05, 0) is 33.6 Å². The van der Waals surface area contributed by atoms with Gasteiger partial charge in [0.15, 0.2) is 0 Å². The highest BCUT2D eigenvalue weighted by atomic mass is 16.4. The number of likely N-dealkylation sites (tertiary alicyclic amines) is 1. The van der Waals surface area contributed by atoms with Crippen LogP contribution in [0.25, 0.3) is 0 Å². The summed E-state index contributed by atoms with van der Waals surface area (Å²) in [5, 5.41) is 13.4. The van der Waals surface area contributed by atoms with Crippen molar-refractivity contribution in [2.75, 3.05) is 6.54 Å². The molecule has 0 bridgehead atoms. The molecular weight excluding hydrogens is 258 g/mol. The second-order valence-electron chi connectivity index (χ2n) is 5.63. The molecule has 6 heteroatoms. The van der Waals surface area contributed by atoms with E-state index in [4.69, 9.17) is 0 Å². The molecule has 110 valence electrons. The van der Waals surface area contributed by atoms with Crippen LogP contribution in [-0.2, 0) is 4.79 Å². The lowest BCUT2D eigenvalue weighted by Gasteiger charge is -2.37. The molecule has 0 aliphatic carbocycles. The molecule has 1 aliphatic rings. The Hall–Kier alpha value is -1.85. The number of hydrogen-bond donors (Lipinski definition) is 1. The van der Waals surface area contributed by atoms with Gasteiger partial charge in [-0.3, -0.25) is 14.3 Å². The Balaban J connectivity index is 2.16. The molecule has 0 spiro atoms. The summed E-state index contributed by atoms with van der Waals surface area (Å²) in [7, 11) is 0. The average molecular weight is 279 g/mol. The van der Waals surface area contributed by atoms with E-state index in [-0.39, 0.29) is 18.0 Å². The van der Waals surface area contributed by atoms with Crippen molar-refractivity contribution < 1.29 is 14.7 Å². The molecule has 1 aromatic rings. The quantitative estimate of drug-likeness (QED) is 0.915. The van der Waals surface area contributed by atoms with E-state index in [1.807, 2.05) is 20.8 Å². The van der Waals surface area contributed by atoms with E-state index in [0.717, 1.165) is 6.42 Å². The van der Waals surface area contributed by atoms with Crippen LogP contribution in [0.2, 0.25) is 0 Å². The fourth-order valence-electron chi connectivity index (χ4n) is 2.66. The molecule has 20 heavy (non-hydrogen) atoms. The van der Waals surface area contributed by atoms with Crippen LogP contribution in [0.4, 0.5) is 0 Å². The topological polar surface area (TPSA) is 75.4 Å². The van der Waals surface area contributed by atoms with Gasteiger partial charge in [0, 0.05) is 24.8 Å². The molecule has 2 atom stereocenters. The van der Waals surface area contributed by atoms with Crippen molar-refractivity contribution in [3.05, 3.63) is 18.0 Å². The number of rotatable bonds is 3. The van der Waals surface area contributed by atoms with E-state index in [2.05, 4.69) is 5.10 Å². The largest absolute Gasteiger partial charge is 0.481 e. The van der Waals surface area contributed by atoms with Gasteiger partial charge in [0.05, 0.1) is 17.7 Å². The minimum atomic E-state index is -0.826. The number of amides is 1. The smallest absolute Gasteiger partial charge is 0.308 e. The number of aromatic nitrogens is 2. The average Bonchev–Trinajstić information content (AvgIpc) is 2.87. The maximum atomic E-state index is 12.5. The summed E-state index contributed by atoms with van der Waals surface area (Å²) in [6.45, 7) is 6.40. The number of hydrogen-bond acceptors (Lipinski definition) is 3. The van der Waals surface area contributed by atoms with Crippen LogP contribution in [0.3, 0.4) is 0 Å². The van der Waals surface area contributed by atoms with E-state index < -0.39 is 11.9 Å². The third-order valence-corrected chi connectivity index (χ3v) is 3.94. The monoisotopic (exact) mass is 279 g/mol. The van der Waals surface area contributed by atoms with E-state index in [1.165, 1.54) is 0 Å². The summed E-state index contributed by atoms with van der Waals surface area (Å²) in [6, 6.07) is -0.0850. The number of aliphatic carboxylic acids is 1. The van der Waals surface area contributed by atoms with Crippen LogP contribution >= 0.6 is 0 Å². The molecule has 0 radical (unpaired) electrons.